The molecule has 1 aliphatic rings. The molecule has 1 N–H and O–H groups in total. The molecule has 0 unspecified atom stereocenters. The van der Waals surface area contributed by atoms with Crippen LogP contribution in [0.5, 0.6) is 0 Å². The molecule has 3 rings (SSSR count). The zero-order chi connectivity index (χ0) is 14.7. The summed E-state index contributed by atoms with van der Waals surface area (Å²) < 4.78 is 0. The van der Waals surface area contributed by atoms with E-state index in [9.17, 15) is 4.79 Å². The molecule has 0 fully saturated rings. The minimum Gasteiger partial charge on any atom is -0.266 e. The Kier molecular flexibility index (Phi) is 4.10. The number of hydrazone groups is 1. The number of nitrogens with zero attached hydrogens (tertiary/aromatic N) is 2. The van der Waals surface area contributed by atoms with E-state index in [-0.39, 0.29) is 5.91 Å². The maximum Gasteiger partial charge on any atom is 0.281 e. The largest absolute Gasteiger partial charge is 0.281 e. The zero-order valence-corrected chi connectivity index (χ0v) is 12.7. The average Bonchev–Trinajstić information content (AvgIpc) is 2.91. The number of amides is 1. The minimum absolute atomic E-state index is 0.132. The highest BCUT2D eigenvalue weighted by Gasteiger charge is 2.20. The van der Waals surface area contributed by atoms with Gasteiger partial charge in [-0.25, -0.2) is 5.43 Å². The molecule has 0 saturated carbocycles. The summed E-state index contributed by atoms with van der Waals surface area (Å²) in [6.07, 6.45) is 8.40. The van der Waals surface area contributed by atoms with E-state index < -0.39 is 0 Å². The molecule has 4 nitrogen and oxygen atoms in total. The summed E-state index contributed by atoms with van der Waals surface area (Å²) in [4.78, 5) is 18.1. The van der Waals surface area contributed by atoms with Gasteiger partial charge in [0.05, 0.1) is 11.1 Å². The summed E-state index contributed by atoms with van der Waals surface area (Å²) in [5, 5.41) is 3.99. The van der Waals surface area contributed by atoms with Crippen molar-refractivity contribution in [2.75, 3.05) is 0 Å². The number of hydrogen-bond donors (Lipinski definition) is 1. The fraction of sp³-hybridized carbons (Fsp3) is 0.312. The Labute approximate surface area is 127 Å². The Bertz CT molecular complexity index is 663. The van der Waals surface area contributed by atoms with Crippen molar-refractivity contribution in [1.29, 1.82) is 0 Å². The van der Waals surface area contributed by atoms with Crippen LogP contribution in [0.3, 0.4) is 0 Å². The fourth-order valence-corrected chi connectivity index (χ4v) is 3.59. The third-order valence-corrected chi connectivity index (χ3v) is 4.87. The highest BCUT2D eigenvalue weighted by atomic mass is 32.1. The van der Waals surface area contributed by atoms with Gasteiger partial charge in [-0.1, -0.05) is 6.92 Å². The van der Waals surface area contributed by atoms with Gasteiger partial charge < -0.3 is 0 Å². The third-order valence-electron chi connectivity index (χ3n) is 3.64. The van der Waals surface area contributed by atoms with Crippen molar-refractivity contribution in [3.63, 3.8) is 0 Å². The van der Waals surface area contributed by atoms with Crippen molar-refractivity contribution in [2.24, 2.45) is 11.0 Å². The van der Waals surface area contributed by atoms with Crippen molar-refractivity contribution in [3.05, 3.63) is 51.5 Å². The highest BCUT2D eigenvalue weighted by Crippen LogP contribution is 2.32. The predicted molar refractivity (Wildman–Crippen MR) is 84.8 cm³/mol. The van der Waals surface area contributed by atoms with Crippen molar-refractivity contribution in [2.45, 2.75) is 26.2 Å². The van der Waals surface area contributed by atoms with E-state index in [1.807, 2.05) is 18.2 Å². The van der Waals surface area contributed by atoms with Gasteiger partial charge >= 0.3 is 0 Å². The first kappa shape index (κ1) is 13.9. The van der Waals surface area contributed by atoms with E-state index in [1.165, 1.54) is 16.9 Å². The number of pyridine rings is 1. The molecule has 1 aliphatic carbocycles. The average molecular weight is 299 g/mol. The molecule has 108 valence electrons. The molecular weight excluding hydrogens is 282 g/mol. The Morgan fingerprint density at radius 1 is 1.48 bits per heavy atom. The topological polar surface area (TPSA) is 54.4 Å². The first-order valence-electron chi connectivity index (χ1n) is 7.07. The van der Waals surface area contributed by atoms with Crippen LogP contribution >= 0.6 is 11.3 Å². The molecule has 2 aromatic heterocycles. The van der Waals surface area contributed by atoms with Crippen molar-refractivity contribution in [3.8, 4) is 0 Å². The summed E-state index contributed by atoms with van der Waals surface area (Å²) in [6, 6.07) is 5.69. The lowest BCUT2D eigenvalue weighted by molar-refractivity contribution is 0.0959. The summed E-state index contributed by atoms with van der Waals surface area (Å²) in [5.41, 5.74) is 4.83. The van der Waals surface area contributed by atoms with Gasteiger partial charge in [0, 0.05) is 17.3 Å². The smallest absolute Gasteiger partial charge is 0.266 e. The van der Waals surface area contributed by atoms with E-state index in [0.29, 0.717) is 5.92 Å². The standard InChI is InChI=1S/C16H17N3OS/c1-11-2-3-14-13(8-11)9-15(21-14)16(20)19-18-10-12-4-6-17-7-5-12/h4-7,9-11H,2-3,8H2,1H3,(H,19,20)/b18-10-/t11-/m1/s1. The van der Waals surface area contributed by atoms with Crippen LogP contribution in [0.1, 0.15) is 39.0 Å². The Balaban J connectivity index is 1.65. The van der Waals surface area contributed by atoms with Crippen LogP contribution in [-0.4, -0.2) is 17.1 Å². The number of carbonyl (C=O) groups excluding carboxylic acids is 1. The van der Waals surface area contributed by atoms with Gasteiger partial charge in [-0.15, -0.1) is 11.3 Å². The molecule has 0 saturated heterocycles. The lowest BCUT2D eigenvalue weighted by atomic mass is 9.90. The van der Waals surface area contributed by atoms with Gasteiger partial charge in [-0.2, -0.15) is 5.10 Å². The lowest BCUT2D eigenvalue weighted by Gasteiger charge is -2.16. The van der Waals surface area contributed by atoms with Crippen LogP contribution in [0, 0.1) is 5.92 Å². The first-order chi connectivity index (χ1) is 10.2. The molecule has 2 aromatic rings. The van der Waals surface area contributed by atoms with Crippen LogP contribution in [0.4, 0.5) is 0 Å². The number of nitrogens with one attached hydrogen (secondary N) is 1. The maximum atomic E-state index is 12.1. The number of fused-ring (bicyclic) bond motifs is 1. The number of rotatable bonds is 3. The molecule has 0 bridgehead atoms. The van der Waals surface area contributed by atoms with Crippen molar-refractivity contribution < 1.29 is 4.79 Å². The fourth-order valence-electron chi connectivity index (χ4n) is 2.49. The molecule has 2 heterocycles. The predicted octanol–water partition coefficient (Wildman–Crippen LogP) is 3.03. The molecule has 21 heavy (non-hydrogen) atoms. The normalized spacial score (nSPS) is 17.7. The molecule has 0 aromatic carbocycles. The van der Waals surface area contributed by atoms with Gasteiger partial charge in [-0.05, 0) is 54.5 Å². The van der Waals surface area contributed by atoms with Crippen molar-refractivity contribution >= 4 is 23.5 Å². The maximum absolute atomic E-state index is 12.1. The summed E-state index contributed by atoms with van der Waals surface area (Å²) >= 11 is 1.60. The number of hydrogen-bond acceptors (Lipinski definition) is 4. The van der Waals surface area contributed by atoms with E-state index in [2.05, 4.69) is 22.4 Å². The Morgan fingerprint density at radius 2 is 2.29 bits per heavy atom. The Hall–Kier alpha value is -2.01. The molecule has 1 atom stereocenters. The Morgan fingerprint density at radius 3 is 3.10 bits per heavy atom. The lowest BCUT2D eigenvalue weighted by Crippen LogP contribution is -2.16. The quantitative estimate of drug-likeness (QED) is 0.699. The second-order valence-electron chi connectivity index (χ2n) is 5.39. The molecule has 5 heteroatoms. The monoisotopic (exact) mass is 299 g/mol. The van der Waals surface area contributed by atoms with Crippen LogP contribution < -0.4 is 5.43 Å². The van der Waals surface area contributed by atoms with Crippen LogP contribution in [0.25, 0.3) is 0 Å². The number of aryl methyl sites for hydroxylation is 1. The molecular formula is C16H17N3OS. The van der Waals surface area contributed by atoms with Crippen LogP contribution in [0.2, 0.25) is 0 Å². The van der Waals surface area contributed by atoms with E-state index in [4.69, 9.17) is 0 Å². The number of thiophene rings is 1. The van der Waals surface area contributed by atoms with Gasteiger partial charge in [-0.3, -0.25) is 9.78 Å². The van der Waals surface area contributed by atoms with Gasteiger partial charge in [0.2, 0.25) is 0 Å². The molecule has 0 aliphatic heterocycles. The van der Waals surface area contributed by atoms with E-state index >= 15 is 0 Å². The zero-order valence-electron chi connectivity index (χ0n) is 11.9. The second-order valence-corrected chi connectivity index (χ2v) is 6.52. The molecule has 0 spiro atoms. The van der Waals surface area contributed by atoms with Crippen LogP contribution in [-0.2, 0) is 12.8 Å². The van der Waals surface area contributed by atoms with Crippen LogP contribution in [0.15, 0.2) is 35.7 Å². The second kappa shape index (κ2) is 6.18. The van der Waals surface area contributed by atoms with E-state index in [0.717, 1.165) is 23.3 Å². The summed E-state index contributed by atoms with van der Waals surface area (Å²) in [5.74, 6) is 0.583. The van der Waals surface area contributed by atoms with Gasteiger partial charge in [0.25, 0.3) is 5.91 Å². The van der Waals surface area contributed by atoms with Crippen molar-refractivity contribution in [1.82, 2.24) is 10.4 Å². The highest BCUT2D eigenvalue weighted by molar-refractivity contribution is 7.14. The van der Waals surface area contributed by atoms with Gasteiger partial charge in [0.15, 0.2) is 0 Å². The molecule has 1 amide bonds. The van der Waals surface area contributed by atoms with Gasteiger partial charge in [0.1, 0.15) is 0 Å². The molecule has 0 radical (unpaired) electrons. The first-order valence-corrected chi connectivity index (χ1v) is 7.89. The minimum atomic E-state index is -0.132. The number of aromatic nitrogens is 1. The third kappa shape index (κ3) is 3.36. The summed E-state index contributed by atoms with van der Waals surface area (Å²) in [7, 11) is 0. The van der Waals surface area contributed by atoms with E-state index in [1.54, 1.807) is 29.9 Å². The summed E-state index contributed by atoms with van der Waals surface area (Å²) in [6.45, 7) is 2.26. The SMILES string of the molecule is C[C@@H]1CCc2sc(C(=O)N/N=C\c3ccncc3)cc2C1. The number of carbonyl (C=O) groups is 1.